The van der Waals surface area contributed by atoms with Crippen molar-refractivity contribution < 1.29 is 19.2 Å². The van der Waals surface area contributed by atoms with E-state index in [2.05, 4.69) is 27.4 Å². The Hall–Kier alpha value is -2.61. The second-order valence-electron chi connectivity index (χ2n) is 6.53. The first-order chi connectivity index (χ1) is 12.6. The van der Waals surface area contributed by atoms with E-state index in [-0.39, 0.29) is 18.2 Å². The maximum absolute atomic E-state index is 12.6. The second kappa shape index (κ2) is 8.18. The first kappa shape index (κ1) is 18.2. The molecule has 8 nitrogen and oxygen atoms in total. The average Bonchev–Trinajstić information content (AvgIpc) is 2.67. The van der Waals surface area contributed by atoms with Crippen molar-refractivity contribution in [1.29, 1.82) is 0 Å². The van der Waals surface area contributed by atoms with Crippen LogP contribution in [0.3, 0.4) is 0 Å². The molecule has 2 aliphatic rings. The Bertz CT molecular complexity index is 698. The van der Waals surface area contributed by atoms with Gasteiger partial charge in [-0.2, -0.15) is 0 Å². The lowest BCUT2D eigenvalue weighted by Crippen LogP contribution is -3.14. The zero-order valence-electron chi connectivity index (χ0n) is 15.2. The molecule has 26 heavy (non-hydrogen) atoms. The number of hydrogen-bond donors (Lipinski definition) is 3. The number of quaternary nitrogens is 1. The van der Waals surface area contributed by atoms with Crippen molar-refractivity contribution in [2.24, 2.45) is 4.99 Å². The highest BCUT2D eigenvalue weighted by Gasteiger charge is 2.31. The summed E-state index contributed by atoms with van der Waals surface area (Å²) >= 11 is 0. The van der Waals surface area contributed by atoms with Crippen molar-refractivity contribution in [2.45, 2.75) is 19.4 Å². The van der Waals surface area contributed by atoms with Gasteiger partial charge in [0.05, 0.1) is 46.3 Å². The van der Waals surface area contributed by atoms with E-state index in [1.807, 2.05) is 0 Å². The third-order valence-corrected chi connectivity index (χ3v) is 4.82. The minimum Gasteiger partial charge on any atom is -0.497 e. The van der Waals surface area contributed by atoms with Crippen molar-refractivity contribution in [3.63, 3.8) is 0 Å². The number of guanidine groups is 1. The van der Waals surface area contributed by atoms with Crippen LogP contribution in [-0.4, -0.2) is 68.5 Å². The Kier molecular flexibility index (Phi) is 5.72. The summed E-state index contributed by atoms with van der Waals surface area (Å²) in [5.41, 5.74) is 0.622. The molecule has 140 valence electrons. The Morgan fingerprint density at radius 1 is 1.42 bits per heavy atom. The number of methoxy groups -OCH3 is 1. The quantitative estimate of drug-likeness (QED) is 0.649. The van der Waals surface area contributed by atoms with Crippen LogP contribution in [0.5, 0.6) is 5.75 Å². The van der Waals surface area contributed by atoms with Crippen molar-refractivity contribution in [2.75, 3.05) is 45.2 Å². The molecule has 0 unspecified atom stereocenters. The van der Waals surface area contributed by atoms with Gasteiger partial charge in [0, 0.05) is 11.8 Å². The number of ether oxygens (including phenoxy) is 1. The summed E-state index contributed by atoms with van der Waals surface area (Å²) in [6, 6.07) is 6.39. The molecule has 3 rings (SSSR count). The van der Waals surface area contributed by atoms with Crippen LogP contribution in [0, 0.1) is 0 Å². The Morgan fingerprint density at radius 3 is 2.88 bits per heavy atom. The molecule has 2 aliphatic heterocycles. The number of carbonyl (C=O) groups excluding carboxylic acids is 2. The van der Waals surface area contributed by atoms with Gasteiger partial charge in [-0.05, 0) is 19.1 Å². The van der Waals surface area contributed by atoms with E-state index in [9.17, 15) is 9.59 Å². The van der Waals surface area contributed by atoms with Crippen LogP contribution in [0.1, 0.15) is 13.3 Å². The van der Waals surface area contributed by atoms with Crippen LogP contribution < -0.4 is 20.3 Å². The fraction of sp³-hybridized carbons (Fsp3) is 0.500. The molecule has 1 atom stereocenters. The van der Waals surface area contributed by atoms with E-state index in [1.54, 1.807) is 31.4 Å². The predicted octanol–water partition coefficient (Wildman–Crippen LogP) is -0.901. The maximum Gasteiger partial charge on any atom is 0.249 e. The van der Waals surface area contributed by atoms with Crippen molar-refractivity contribution in [3.8, 4) is 5.75 Å². The maximum atomic E-state index is 12.6. The molecule has 1 aromatic carbocycles. The van der Waals surface area contributed by atoms with Crippen LogP contribution in [0.15, 0.2) is 29.3 Å². The van der Waals surface area contributed by atoms with Crippen LogP contribution >= 0.6 is 0 Å². The molecule has 0 radical (unpaired) electrons. The zero-order valence-corrected chi connectivity index (χ0v) is 15.2. The number of nitrogens with zero attached hydrogens (tertiary/aromatic N) is 2. The normalized spacial score (nSPS) is 21.0. The van der Waals surface area contributed by atoms with Gasteiger partial charge in [0.15, 0.2) is 0 Å². The third-order valence-electron chi connectivity index (χ3n) is 4.82. The molecule has 0 bridgehead atoms. The molecule has 1 aromatic rings. The molecule has 0 spiro atoms. The summed E-state index contributed by atoms with van der Waals surface area (Å²) in [6.07, 6.45) is 0.0550. The van der Waals surface area contributed by atoms with E-state index >= 15 is 0 Å². The van der Waals surface area contributed by atoms with Gasteiger partial charge in [0.25, 0.3) is 0 Å². The average molecular weight is 360 g/mol. The first-order valence-corrected chi connectivity index (χ1v) is 9.00. The summed E-state index contributed by atoms with van der Waals surface area (Å²) in [7, 11) is 1.57. The zero-order chi connectivity index (χ0) is 18.5. The fourth-order valence-electron chi connectivity index (χ4n) is 3.20. The number of rotatable bonds is 4. The monoisotopic (exact) mass is 360 g/mol. The molecule has 3 N–H and O–H groups in total. The Morgan fingerprint density at radius 2 is 2.19 bits per heavy atom. The minimum absolute atomic E-state index is 0.0550. The fourth-order valence-corrected chi connectivity index (χ4v) is 3.20. The Balaban J connectivity index is 1.68. The molecule has 1 saturated heterocycles. The molecule has 2 heterocycles. The Labute approximate surface area is 153 Å². The smallest absolute Gasteiger partial charge is 0.249 e. The minimum atomic E-state index is -0.721. The number of amides is 2. The van der Waals surface area contributed by atoms with Gasteiger partial charge in [-0.1, -0.05) is 6.07 Å². The van der Waals surface area contributed by atoms with Crippen LogP contribution in [0.25, 0.3) is 0 Å². The lowest BCUT2D eigenvalue weighted by Gasteiger charge is -2.35. The van der Waals surface area contributed by atoms with E-state index in [0.717, 1.165) is 32.7 Å². The van der Waals surface area contributed by atoms with Crippen LogP contribution in [0.2, 0.25) is 0 Å². The van der Waals surface area contributed by atoms with Crippen molar-refractivity contribution in [1.82, 2.24) is 10.2 Å². The number of carbonyl (C=O) groups is 2. The van der Waals surface area contributed by atoms with Gasteiger partial charge < -0.3 is 19.9 Å². The summed E-state index contributed by atoms with van der Waals surface area (Å²) in [4.78, 5) is 32.8. The number of anilines is 1. The number of nitrogens with one attached hydrogen (secondary N) is 3. The molecule has 8 heteroatoms. The lowest BCUT2D eigenvalue weighted by molar-refractivity contribution is -0.902. The number of hydrogen-bond acceptors (Lipinski definition) is 5. The van der Waals surface area contributed by atoms with E-state index in [0.29, 0.717) is 17.4 Å². The van der Waals surface area contributed by atoms with E-state index in [1.165, 1.54) is 4.90 Å². The largest absolute Gasteiger partial charge is 0.497 e. The number of benzene rings is 1. The molecule has 0 aliphatic carbocycles. The summed E-state index contributed by atoms with van der Waals surface area (Å²) in [5, 5.41) is 5.63. The standard InChI is InChI=1S/C18H25N5O3/c1-3-22-7-9-23(10-8-22)18-20-15(12-16(24)21-18)17(25)19-13-5-4-6-14(11-13)26-2/h4-6,11,15H,3,7-10,12H2,1-2H3,(H,19,25)(H,20,21,24)/p+1/t15-/m0/s1. The molecule has 0 saturated carbocycles. The predicted molar refractivity (Wildman–Crippen MR) is 98.4 cm³/mol. The number of aliphatic imine (C=N–C) groups is 1. The van der Waals surface area contributed by atoms with E-state index < -0.39 is 6.04 Å². The molecule has 1 fully saturated rings. The lowest BCUT2D eigenvalue weighted by atomic mass is 10.1. The topological polar surface area (TPSA) is 87.5 Å². The SMILES string of the molecule is CC[NH+]1CCN(C2=N[C@H](C(=O)Nc3cccc(OC)c3)CC(=O)N2)CC1. The summed E-state index contributed by atoms with van der Waals surface area (Å²) < 4.78 is 5.16. The second-order valence-corrected chi connectivity index (χ2v) is 6.53. The number of piperazine rings is 1. The van der Waals surface area contributed by atoms with Crippen LogP contribution in [-0.2, 0) is 9.59 Å². The van der Waals surface area contributed by atoms with Crippen LogP contribution in [0.4, 0.5) is 5.69 Å². The molecule has 2 amide bonds. The van der Waals surface area contributed by atoms with Gasteiger partial charge in [-0.3, -0.25) is 14.9 Å². The molecule has 0 aromatic heterocycles. The van der Waals surface area contributed by atoms with E-state index in [4.69, 9.17) is 4.74 Å². The third kappa shape index (κ3) is 4.32. The van der Waals surface area contributed by atoms with Gasteiger partial charge >= 0.3 is 0 Å². The highest BCUT2D eigenvalue weighted by atomic mass is 16.5. The van der Waals surface area contributed by atoms with Gasteiger partial charge in [0.1, 0.15) is 11.8 Å². The number of likely N-dealkylation sites (N-methyl/N-ethyl adjacent to an activating group) is 1. The van der Waals surface area contributed by atoms with Crippen molar-refractivity contribution in [3.05, 3.63) is 24.3 Å². The van der Waals surface area contributed by atoms with Gasteiger partial charge in [-0.15, -0.1) is 0 Å². The van der Waals surface area contributed by atoms with Gasteiger partial charge in [-0.25, -0.2) is 4.99 Å². The first-order valence-electron chi connectivity index (χ1n) is 9.00. The highest BCUT2D eigenvalue weighted by Crippen LogP contribution is 2.18. The summed E-state index contributed by atoms with van der Waals surface area (Å²) in [5.74, 6) is 0.710. The van der Waals surface area contributed by atoms with Crippen molar-refractivity contribution >= 4 is 23.5 Å². The molecular weight excluding hydrogens is 334 g/mol. The molecular formula is C18H26N5O3+. The van der Waals surface area contributed by atoms with Gasteiger partial charge in [0.2, 0.25) is 17.8 Å². The highest BCUT2D eigenvalue weighted by molar-refractivity contribution is 6.06. The summed E-state index contributed by atoms with van der Waals surface area (Å²) in [6.45, 7) is 6.93.